The molecule has 0 radical (unpaired) electrons. The summed E-state index contributed by atoms with van der Waals surface area (Å²) in [5.41, 5.74) is 18.8. The van der Waals surface area contributed by atoms with Gasteiger partial charge in [-0.25, -0.2) is 4.98 Å². The molecule has 0 saturated heterocycles. The number of nitrogens with one attached hydrogen (secondary N) is 1. The van der Waals surface area contributed by atoms with Gasteiger partial charge in [0.1, 0.15) is 5.82 Å². The molecule has 7 N–H and O–H groups in total. The molecule has 0 aliphatic carbocycles. The molecule has 0 spiro atoms. The van der Waals surface area contributed by atoms with Gasteiger partial charge in [0.2, 0.25) is 0 Å². The van der Waals surface area contributed by atoms with Crippen LogP contribution in [0, 0.1) is 0 Å². The summed E-state index contributed by atoms with van der Waals surface area (Å²) >= 11 is 1.98. The van der Waals surface area contributed by atoms with Crippen molar-refractivity contribution in [1.82, 2.24) is 4.98 Å². The number of hydrogen-bond acceptors (Lipinski definition) is 5. The summed E-state index contributed by atoms with van der Waals surface area (Å²) in [5.74, 6) is 0.959. The van der Waals surface area contributed by atoms with Crippen LogP contribution < -0.4 is 20.7 Å². The SMILES string of the molecule is CCc1c(NI)nc(N)c(N)c1N. The van der Waals surface area contributed by atoms with Crippen LogP contribution in [0.25, 0.3) is 0 Å². The van der Waals surface area contributed by atoms with Crippen molar-refractivity contribution in [1.29, 1.82) is 0 Å². The molecule has 0 bridgehead atoms. The summed E-state index contributed by atoms with van der Waals surface area (Å²) in [6, 6.07) is 0. The quantitative estimate of drug-likeness (QED) is 0.484. The second kappa shape index (κ2) is 3.86. The molecule has 0 unspecified atom stereocenters. The maximum absolute atomic E-state index is 5.78. The number of anilines is 4. The number of nitrogen functional groups attached to an aromatic ring is 3. The highest BCUT2D eigenvalue weighted by Crippen LogP contribution is 2.30. The van der Waals surface area contributed by atoms with Gasteiger partial charge in [0.25, 0.3) is 0 Å². The molecule has 0 saturated carbocycles. The zero-order valence-corrected chi connectivity index (χ0v) is 9.42. The average molecular weight is 293 g/mol. The summed E-state index contributed by atoms with van der Waals surface area (Å²) in [6.07, 6.45) is 0.772. The van der Waals surface area contributed by atoms with Gasteiger partial charge in [0.05, 0.1) is 34.2 Å². The van der Waals surface area contributed by atoms with Crippen LogP contribution in [0.4, 0.5) is 23.0 Å². The summed E-state index contributed by atoms with van der Waals surface area (Å²) in [4.78, 5) is 4.08. The Labute approximate surface area is 90.6 Å². The molecule has 0 atom stereocenters. The molecule has 13 heavy (non-hydrogen) atoms. The third-order valence-corrected chi connectivity index (χ3v) is 2.36. The predicted molar refractivity (Wildman–Crippen MR) is 64.5 cm³/mol. The lowest BCUT2D eigenvalue weighted by molar-refractivity contribution is 1.12. The van der Waals surface area contributed by atoms with E-state index in [9.17, 15) is 0 Å². The van der Waals surface area contributed by atoms with Crippen LogP contribution >= 0.6 is 22.9 Å². The van der Waals surface area contributed by atoms with E-state index in [4.69, 9.17) is 17.2 Å². The van der Waals surface area contributed by atoms with Gasteiger partial charge in [0.15, 0.2) is 5.82 Å². The second-order valence-corrected chi connectivity index (χ2v) is 3.14. The minimum atomic E-state index is 0.272. The largest absolute Gasteiger partial charge is 0.397 e. The van der Waals surface area contributed by atoms with Crippen molar-refractivity contribution in [3.8, 4) is 0 Å². The van der Waals surface area contributed by atoms with Crippen LogP contribution in [0.1, 0.15) is 12.5 Å². The molecule has 1 aromatic heterocycles. The molecule has 0 amide bonds. The Morgan fingerprint density at radius 2 is 1.92 bits per heavy atom. The first-order chi connectivity index (χ1) is 6.11. The molecular formula is C7H12IN5. The van der Waals surface area contributed by atoms with Crippen LogP contribution in [0.3, 0.4) is 0 Å². The Morgan fingerprint density at radius 1 is 1.31 bits per heavy atom. The topological polar surface area (TPSA) is 103 Å². The number of rotatable bonds is 2. The highest BCUT2D eigenvalue weighted by atomic mass is 127. The van der Waals surface area contributed by atoms with Crippen molar-refractivity contribution >= 4 is 45.9 Å². The fourth-order valence-electron chi connectivity index (χ4n) is 1.11. The van der Waals surface area contributed by atoms with Crippen molar-refractivity contribution in [3.05, 3.63) is 5.56 Å². The van der Waals surface area contributed by atoms with Gasteiger partial charge in [0, 0.05) is 5.56 Å². The molecule has 0 aliphatic rings. The van der Waals surface area contributed by atoms with Crippen LogP contribution in [-0.2, 0) is 6.42 Å². The van der Waals surface area contributed by atoms with Crippen LogP contribution in [0.2, 0.25) is 0 Å². The van der Waals surface area contributed by atoms with Gasteiger partial charge in [-0.1, -0.05) is 6.92 Å². The Morgan fingerprint density at radius 3 is 2.38 bits per heavy atom. The number of halogens is 1. The smallest absolute Gasteiger partial charge is 0.151 e. The second-order valence-electron chi connectivity index (χ2n) is 2.60. The van der Waals surface area contributed by atoms with E-state index in [2.05, 4.69) is 8.51 Å². The molecule has 6 heteroatoms. The number of aromatic nitrogens is 1. The van der Waals surface area contributed by atoms with Gasteiger partial charge in [-0.15, -0.1) is 0 Å². The average Bonchev–Trinajstić information content (AvgIpc) is 2.13. The number of hydrogen-bond donors (Lipinski definition) is 4. The summed E-state index contributed by atoms with van der Waals surface area (Å²) in [5, 5.41) is 0. The summed E-state index contributed by atoms with van der Waals surface area (Å²) in [6.45, 7) is 1.99. The summed E-state index contributed by atoms with van der Waals surface area (Å²) < 4.78 is 2.90. The molecule has 0 aliphatic heterocycles. The van der Waals surface area contributed by atoms with E-state index in [-0.39, 0.29) is 5.82 Å². The van der Waals surface area contributed by atoms with Gasteiger partial charge in [-0.3, -0.25) is 0 Å². The fraction of sp³-hybridized carbons (Fsp3) is 0.286. The predicted octanol–water partition coefficient (Wildman–Crippen LogP) is 1.15. The first-order valence-electron chi connectivity index (χ1n) is 3.81. The molecule has 0 fully saturated rings. The lowest BCUT2D eigenvalue weighted by atomic mass is 10.1. The fourth-order valence-corrected chi connectivity index (χ4v) is 1.56. The van der Waals surface area contributed by atoms with Gasteiger partial charge >= 0.3 is 0 Å². The normalized spacial score (nSPS) is 10.0. The minimum Gasteiger partial charge on any atom is -0.397 e. The monoisotopic (exact) mass is 293 g/mol. The first kappa shape index (κ1) is 10.2. The molecule has 0 aromatic carbocycles. The Balaban J connectivity index is 3.39. The van der Waals surface area contributed by atoms with Crippen molar-refractivity contribution in [2.45, 2.75) is 13.3 Å². The zero-order chi connectivity index (χ0) is 10.0. The molecule has 1 rings (SSSR count). The molecule has 72 valence electrons. The van der Waals surface area contributed by atoms with E-state index in [0.717, 1.165) is 12.0 Å². The lowest BCUT2D eigenvalue weighted by Crippen LogP contribution is -2.08. The van der Waals surface area contributed by atoms with Crippen LogP contribution in [-0.4, -0.2) is 4.98 Å². The Hall–Kier alpha value is -0.920. The third-order valence-electron chi connectivity index (χ3n) is 1.85. The molecule has 5 nitrogen and oxygen atoms in total. The van der Waals surface area contributed by atoms with Crippen molar-refractivity contribution in [2.24, 2.45) is 0 Å². The molecule has 1 aromatic rings. The van der Waals surface area contributed by atoms with Gasteiger partial charge in [-0.2, -0.15) is 0 Å². The van der Waals surface area contributed by atoms with E-state index < -0.39 is 0 Å². The minimum absolute atomic E-state index is 0.272. The van der Waals surface area contributed by atoms with E-state index >= 15 is 0 Å². The number of nitrogens with two attached hydrogens (primary N) is 3. The van der Waals surface area contributed by atoms with E-state index in [1.54, 1.807) is 0 Å². The Kier molecular flexibility index (Phi) is 3.02. The Bertz CT molecular complexity index is 325. The lowest BCUT2D eigenvalue weighted by Gasteiger charge is -2.12. The maximum Gasteiger partial charge on any atom is 0.151 e. The maximum atomic E-state index is 5.78. The van der Waals surface area contributed by atoms with Gasteiger partial charge < -0.3 is 20.7 Å². The molecule has 1 heterocycles. The first-order valence-corrected chi connectivity index (χ1v) is 4.89. The van der Waals surface area contributed by atoms with Crippen molar-refractivity contribution in [2.75, 3.05) is 20.7 Å². The number of pyridine rings is 1. The van der Waals surface area contributed by atoms with Crippen molar-refractivity contribution in [3.63, 3.8) is 0 Å². The van der Waals surface area contributed by atoms with E-state index in [1.807, 2.05) is 29.8 Å². The zero-order valence-electron chi connectivity index (χ0n) is 7.26. The molecular weight excluding hydrogens is 281 g/mol. The van der Waals surface area contributed by atoms with Crippen LogP contribution in [0.15, 0.2) is 0 Å². The third kappa shape index (κ3) is 1.71. The van der Waals surface area contributed by atoms with Crippen LogP contribution in [0.5, 0.6) is 0 Å². The van der Waals surface area contributed by atoms with E-state index in [1.165, 1.54) is 0 Å². The van der Waals surface area contributed by atoms with Crippen molar-refractivity contribution < 1.29 is 0 Å². The van der Waals surface area contributed by atoms with E-state index in [0.29, 0.717) is 17.2 Å². The summed E-state index contributed by atoms with van der Waals surface area (Å²) in [7, 11) is 0. The van der Waals surface area contributed by atoms with Gasteiger partial charge in [-0.05, 0) is 6.42 Å². The standard InChI is InChI=1S/C7H12IN5/c1-2-3-4(9)5(10)6(11)12-7(3)13-8/h2,10H2,1H3,(H5,9,11,12,13). The highest BCUT2D eigenvalue weighted by molar-refractivity contribution is 14.1. The highest BCUT2D eigenvalue weighted by Gasteiger charge is 2.11. The number of nitrogens with zero attached hydrogens (tertiary/aromatic N) is 1.